The largest absolute Gasteiger partial charge is 0.364 e. The van der Waals surface area contributed by atoms with Crippen molar-refractivity contribution in [2.24, 2.45) is 7.05 Å². The van der Waals surface area contributed by atoms with Crippen LogP contribution >= 0.6 is 0 Å². The number of anilines is 2. The molecule has 0 unspecified atom stereocenters. The van der Waals surface area contributed by atoms with Gasteiger partial charge >= 0.3 is 11.6 Å². The van der Waals surface area contributed by atoms with Gasteiger partial charge in [0.2, 0.25) is 11.2 Å². The van der Waals surface area contributed by atoms with Gasteiger partial charge in [-0.25, -0.2) is 23.6 Å². The molecule has 0 aliphatic carbocycles. The first kappa shape index (κ1) is 17.3. The molecule has 3 aromatic rings. The second kappa shape index (κ2) is 6.22. The van der Waals surface area contributed by atoms with Crippen LogP contribution in [0.15, 0.2) is 46.0 Å². The van der Waals surface area contributed by atoms with Gasteiger partial charge in [0, 0.05) is 13.5 Å². The van der Waals surface area contributed by atoms with Crippen molar-refractivity contribution in [1.29, 1.82) is 0 Å². The predicted molar refractivity (Wildman–Crippen MR) is 101 cm³/mol. The van der Waals surface area contributed by atoms with Crippen molar-refractivity contribution in [2.45, 2.75) is 26.4 Å². The number of imidazole rings is 1. The minimum absolute atomic E-state index is 0.184. The Labute approximate surface area is 154 Å². The lowest BCUT2D eigenvalue weighted by Crippen LogP contribution is -2.49. The van der Waals surface area contributed by atoms with Crippen molar-refractivity contribution in [3.63, 3.8) is 0 Å². The number of halogens is 1. The van der Waals surface area contributed by atoms with Gasteiger partial charge in [-0.05, 0) is 31.2 Å². The lowest BCUT2D eigenvalue weighted by molar-refractivity contribution is -0.663. The number of rotatable bonds is 3. The molecule has 0 saturated carbocycles. The van der Waals surface area contributed by atoms with Gasteiger partial charge in [0.05, 0.1) is 19.6 Å². The van der Waals surface area contributed by atoms with E-state index in [9.17, 15) is 14.0 Å². The molecule has 0 fully saturated rings. The van der Waals surface area contributed by atoms with Crippen LogP contribution in [0.1, 0.15) is 13.3 Å². The summed E-state index contributed by atoms with van der Waals surface area (Å²) < 4.78 is 17.9. The van der Waals surface area contributed by atoms with E-state index in [1.807, 2.05) is 9.47 Å². The van der Waals surface area contributed by atoms with Gasteiger partial charge in [-0.15, -0.1) is 0 Å². The molecule has 1 aliphatic rings. The number of allylic oxidation sites excluding steroid dienone is 1. The number of nitrogens with one attached hydrogen (secondary N) is 1. The summed E-state index contributed by atoms with van der Waals surface area (Å²) >= 11 is 0. The first-order chi connectivity index (χ1) is 12.9. The fourth-order valence-corrected chi connectivity index (χ4v) is 3.62. The maximum absolute atomic E-state index is 13.3. The fraction of sp³-hybridized carbons (Fsp3) is 0.316. The van der Waals surface area contributed by atoms with E-state index in [0.29, 0.717) is 23.7 Å². The number of benzene rings is 1. The molecule has 0 amide bonds. The van der Waals surface area contributed by atoms with E-state index in [0.717, 1.165) is 24.2 Å². The van der Waals surface area contributed by atoms with Crippen LogP contribution in [0.2, 0.25) is 0 Å². The van der Waals surface area contributed by atoms with E-state index >= 15 is 0 Å². The van der Waals surface area contributed by atoms with Gasteiger partial charge < -0.3 is 0 Å². The summed E-state index contributed by atoms with van der Waals surface area (Å²) in [4.78, 5) is 30.9. The molecule has 0 saturated heterocycles. The zero-order valence-corrected chi connectivity index (χ0v) is 15.3. The van der Waals surface area contributed by atoms with E-state index < -0.39 is 0 Å². The maximum Gasteiger partial charge on any atom is 0.364 e. The third kappa shape index (κ3) is 2.68. The summed E-state index contributed by atoms with van der Waals surface area (Å²) in [5.74, 6) is 0.411. The number of nitrogens with zero attached hydrogens (tertiary/aromatic N) is 4. The van der Waals surface area contributed by atoms with Crippen molar-refractivity contribution < 1.29 is 8.96 Å². The molecule has 7 nitrogen and oxygen atoms in total. The van der Waals surface area contributed by atoms with Crippen molar-refractivity contribution >= 4 is 22.8 Å². The van der Waals surface area contributed by atoms with Gasteiger partial charge in [-0.3, -0.25) is 13.9 Å². The molecule has 1 aliphatic heterocycles. The highest BCUT2D eigenvalue weighted by molar-refractivity contribution is 5.70. The summed E-state index contributed by atoms with van der Waals surface area (Å²) in [7, 11) is 1.64. The summed E-state index contributed by atoms with van der Waals surface area (Å²) in [6.07, 6.45) is 0.824. The topological polar surface area (TPSA) is 66.9 Å². The number of aryl methyl sites for hydroxylation is 2. The second-order valence-corrected chi connectivity index (χ2v) is 6.97. The second-order valence-electron chi connectivity index (χ2n) is 6.97. The Morgan fingerprint density at radius 2 is 2.00 bits per heavy atom. The predicted octanol–water partition coefficient (Wildman–Crippen LogP) is 1.57. The highest BCUT2D eigenvalue weighted by atomic mass is 19.1. The van der Waals surface area contributed by atoms with Crippen molar-refractivity contribution in [3.8, 4) is 0 Å². The van der Waals surface area contributed by atoms with E-state index in [2.05, 4.69) is 11.6 Å². The smallest absolute Gasteiger partial charge is 0.267 e. The third-order valence-corrected chi connectivity index (χ3v) is 4.87. The van der Waals surface area contributed by atoms with Crippen LogP contribution in [-0.4, -0.2) is 20.7 Å². The monoisotopic (exact) mass is 370 g/mol. The van der Waals surface area contributed by atoms with Gasteiger partial charge in [-0.1, -0.05) is 12.2 Å². The number of fused-ring (bicyclic) bond motifs is 3. The Morgan fingerprint density at radius 3 is 2.67 bits per heavy atom. The Hall–Kier alpha value is -3.16. The van der Waals surface area contributed by atoms with Gasteiger partial charge in [0.15, 0.2) is 0 Å². The number of hydrogen-bond donors (Lipinski definition) is 1. The molecular weight excluding hydrogens is 349 g/mol. The lowest BCUT2D eigenvalue weighted by atomic mass is 10.2. The summed E-state index contributed by atoms with van der Waals surface area (Å²) in [5, 5.41) is 0. The fourth-order valence-electron chi connectivity index (χ4n) is 3.62. The Morgan fingerprint density at radius 1 is 1.30 bits per heavy atom. The molecule has 3 heterocycles. The van der Waals surface area contributed by atoms with E-state index in [4.69, 9.17) is 0 Å². The lowest BCUT2D eigenvalue weighted by Gasteiger charge is -2.22. The van der Waals surface area contributed by atoms with Crippen LogP contribution < -0.4 is 20.7 Å². The van der Waals surface area contributed by atoms with E-state index in [1.54, 1.807) is 26.1 Å². The molecule has 140 valence electrons. The molecule has 1 aromatic carbocycles. The SMILES string of the molecule is C=C(C)Cn1c(=O)c2c([nH]c3[n+]2CCCN3c2ccc(F)cc2)n(C)c1=O. The number of aromatic nitrogens is 4. The molecule has 0 atom stereocenters. The average Bonchev–Trinajstić information content (AvgIpc) is 3.04. The average molecular weight is 370 g/mol. The van der Waals surface area contributed by atoms with Crippen molar-refractivity contribution in [1.82, 2.24) is 14.1 Å². The zero-order valence-electron chi connectivity index (χ0n) is 15.3. The van der Waals surface area contributed by atoms with Crippen LogP contribution in [0, 0.1) is 5.82 Å². The summed E-state index contributed by atoms with van der Waals surface area (Å²) in [5.41, 5.74) is 1.77. The normalized spacial score (nSPS) is 13.8. The molecule has 0 spiro atoms. The first-order valence-electron chi connectivity index (χ1n) is 8.81. The van der Waals surface area contributed by atoms with Crippen molar-refractivity contribution in [3.05, 3.63) is 63.1 Å². The highest BCUT2D eigenvalue weighted by Crippen LogP contribution is 2.26. The molecule has 1 N–H and O–H groups in total. The number of H-pyrrole nitrogens is 1. The van der Waals surface area contributed by atoms with Crippen LogP contribution in [0.3, 0.4) is 0 Å². The first-order valence-corrected chi connectivity index (χ1v) is 8.81. The number of hydrogen-bond acceptors (Lipinski definition) is 3. The third-order valence-electron chi connectivity index (χ3n) is 4.87. The molecule has 8 heteroatoms. The van der Waals surface area contributed by atoms with Crippen LogP contribution in [0.5, 0.6) is 0 Å². The minimum Gasteiger partial charge on any atom is -0.267 e. The highest BCUT2D eigenvalue weighted by Gasteiger charge is 2.33. The Kier molecular flexibility index (Phi) is 3.98. The molecule has 4 rings (SSSR count). The van der Waals surface area contributed by atoms with Crippen LogP contribution in [0.25, 0.3) is 11.2 Å². The Balaban J connectivity index is 1.98. The standard InChI is InChI=1S/C19H20FN5O2/c1-12(2)11-25-17(26)15-16(22(3)19(25)27)21-18-23(9-4-10-24(15)18)14-7-5-13(20)6-8-14/h5-8H,1,4,9-11H2,2-3H3/p+1. The maximum atomic E-state index is 13.3. The molecule has 0 radical (unpaired) electrons. The Bertz CT molecular complexity index is 1170. The molecular formula is C19H21FN5O2+. The van der Waals surface area contributed by atoms with Gasteiger partial charge in [0.1, 0.15) is 11.5 Å². The molecule has 27 heavy (non-hydrogen) atoms. The number of aromatic amines is 1. The van der Waals surface area contributed by atoms with Gasteiger partial charge in [-0.2, -0.15) is 0 Å². The zero-order chi connectivity index (χ0) is 19.3. The van der Waals surface area contributed by atoms with E-state index in [-0.39, 0.29) is 23.6 Å². The van der Waals surface area contributed by atoms with E-state index in [1.165, 1.54) is 21.3 Å². The summed E-state index contributed by atoms with van der Waals surface area (Å²) in [6, 6.07) is 6.23. The molecule has 2 aromatic heterocycles. The van der Waals surface area contributed by atoms with Crippen LogP contribution in [0.4, 0.5) is 16.0 Å². The molecule has 0 bridgehead atoms. The quantitative estimate of drug-likeness (QED) is 0.562. The van der Waals surface area contributed by atoms with Crippen molar-refractivity contribution in [2.75, 3.05) is 11.4 Å². The summed E-state index contributed by atoms with van der Waals surface area (Å²) in [6.45, 7) is 7.17. The van der Waals surface area contributed by atoms with Crippen LogP contribution in [-0.2, 0) is 20.1 Å². The van der Waals surface area contributed by atoms with Gasteiger partial charge in [0.25, 0.3) is 5.56 Å². The minimum atomic E-state index is -0.386.